The Labute approximate surface area is 211 Å². The Morgan fingerprint density at radius 3 is 2.68 bits per heavy atom. The number of nitrogens with two attached hydrogens (primary N) is 2. The molecule has 1 saturated heterocycles. The molecule has 6 N–H and O–H groups in total. The molecule has 0 spiro atoms. The van der Waals surface area contributed by atoms with E-state index in [-0.39, 0.29) is 29.2 Å². The van der Waals surface area contributed by atoms with Crippen molar-refractivity contribution in [1.82, 2.24) is 19.5 Å². The van der Waals surface area contributed by atoms with Crippen molar-refractivity contribution in [3.8, 4) is 0 Å². The number of alkyl halides is 2. The molecule has 0 radical (unpaired) electrons. The molecule has 1 unspecified atom stereocenters. The summed E-state index contributed by atoms with van der Waals surface area (Å²) in [4.78, 5) is 32.8. The number of fused-ring (bicyclic) bond motifs is 1. The number of anilines is 1. The van der Waals surface area contributed by atoms with Gasteiger partial charge in [0.15, 0.2) is 36.8 Å². The first-order chi connectivity index (χ1) is 17.3. The fourth-order valence-corrected chi connectivity index (χ4v) is 4.48. The molecule has 2 fully saturated rings. The molecule has 6 atom stereocenters. The third-order valence-electron chi connectivity index (χ3n) is 6.05. The summed E-state index contributed by atoms with van der Waals surface area (Å²) in [7, 11) is -2.21. The maximum absolute atomic E-state index is 14.8. The first-order valence-corrected chi connectivity index (χ1v) is 13.3. The van der Waals surface area contributed by atoms with Crippen LogP contribution in [0.2, 0.25) is 0 Å². The maximum Gasteiger partial charge on any atom is 0.505 e. The number of H-pyrrole nitrogens is 1. The number of nitrogen functional groups attached to an aromatic ring is 1. The van der Waals surface area contributed by atoms with Gasteiger partial charge < -0.3 is 26.0 Å². The van der Waals surface area contributed by atoms with Crippen LogP contribution in [0, 0.1) is 0 Å². The van der Waals surface area contributed by atoms with E-state index in [0.717, 1.165) is 30.7 Å². The van der Waals surface area contributed by atoms with E-state index in [0.29, 0.717) is 0 Å². The van der Waals surface area contributed by atoms with Gasteiger partial charge in [-0.1, -0.05) is 6.42 Å². The normalized spacial score (nSPS) is 29.4. The van der Waals surface area contributed by atoms with Crippen LogP contribution in [0.3, 0.4) is 0 Å². The van der Waals surface area contributed by atoms with Gasteiger partial charge in [0.1, 0.15) is 17.7 Å². The number of carbonyl (C=O) groups is 1. The summed E-state index contributed by atoms with van der Waals surface area (Å²) < 4.78 is 56.2. The fourth-order valence-electron chi connectivity index (χ4n) is 4.12. The number of nitrogens with zero attached hydrogens (tertiary/aromatic N) is 3. The molecule has 2 aromatic heterocycles. The van der Waals surface area contributed by atoms with E-state index in [1.165, 1.54) is 25.9 Å². The number of carbonyl (C=O) groups excluding carboxylic acids is 1. The number of hydrogen-bond donors (Lipinski definition) is 4. The summed E-state index contributed by atoms with van der Waals surface area (Å²) in [6, 6.07) is -0.480. The second-order valence-electron chi connectivity index (χ2n) is 9.32. The maximum atomic E-state index is 14.8. The summed E-state index contributed by atoms with van der Waals surface area (Å²) in [5.74, 6) is -3.56. The predicted octanol–water partition coefficient (Wildman–Crippen LogP) is 1.58. The van der Waals surface area contributed by atoms with Crippen LogP contribution in [-0.2, 0) is 23.4 Å². The molecule has 2 aliphatic rings. The quantitative estimate of drug-likeness (QED) is 0.301. The van der Waals surface area contributed by atoms with Gasteiger partial charge in [0, 0.05) is 0 Å². The van der Waals surface area contributed by atoms with Crippen molar-refractivity contribution in [2.24, 2.45) is 5.73 Å². The van der Waals surface area contributed by atoms with Crippen LogP contribution in [0.5, 0.6) is 0 Å². The Hall–Kier alpha value is -2.58. The van der Waals surface area contributed by atoms with Crippen molar-refractivity contribution in [2.75, 3.05) is 19.0 Å². The van der Waals surface area contributed by atoms with Gasteiger partial charge in [-0.3, -0.25) is 19.1 Å². The first kappa shape index (κ1) is 29.0. The number of aromatic nitrogens is 4. The minimum Gasteiger partial charge on any atom is -0.461 e. The lowest BCUT2D eigenvalue weighted by atomic mass is 9.97. The average Bonchev–Trinajstić information content (AvgIpc) is 3.32. The van der Waals surface area contributed by atoms with Gasteiger partial charge in [0.25, 0.3) is 11.4 Å². The Morgan fingerprint density at radius 2 is 2.08 bits per heavy atom. The zero-order valence-electron chi connectivity index (χ0n) is 20.7. The lowest BCUT2D eigenvalue weighted by Gasteiger charge is -2.25. The molecule has 1 aliphatic carbocycles. The highest BCUT2D eigenvalue weighted by Crippen LogP contribution is 2.48. The van der Waals surface area contributed by atoms with Crippen LogP contribution >= 0.6 is 8.03 Å². The molecule has 206 valence electrons. The summed E-state index contributed by atoms with van der Waals surface area (Å²) in [5.41, 5.74) is 7.57. The van der Waals surface area contributed by atoms with E-state index >= 15 is 0 Å². The second kappa shape index (κ2) is 11.4. The zero-order valence-corrected chi connectivity index (χ0v) is 21.6. The minimum atomic E-state index is -3.06. The summed E-state index contributed by atoms with van der Waals surface area (Å²) in [6.45, 7) is 2.84. The van der Waals surface area contributed by atoms with Crippen molar-refractivity contribution in [3.63, 3.8) is 0 Å². The Balaban J connectivity index is 0.000000266. The van der Waals surface area contributed by atoms with E-state index in [2.05, 4.69) is 19.5 Å². The number of ether oxygens (including phenoxy) is 2. The van der Waals surface area contributed by atoms with E-state index in [4.69, 9.17) is 20.9 Å². The largest absolute Gasteiger partial charge is 0.505 e. The molecule has 0 amide bonds. The molecule has 1 saturated carbocycles. The van der Waals surface area contributed by atoms with Crippen LogP contribution in [0.1, 0.15) is 52.2 Å². The molecular weight excluding hydrogens is 517 g/mol. The van der Waals surface area contributed by atoms with Crippen molar-refractivity contribution in [2.45, 2.75) is 82.0 Å². The number of imidazole rings is 1. The molecule has 1 aliphatic heterocycles. The van der Waals surface area contributed by atoms with Gasteiger partial charge in [-0.25, -0.2) is 13.8 Å². The van der Waals surface area contributed by atoms with Gasteiger partial charge in [0.05, 0.1) is 6.33 Å². The Bertz CT molecular complexity index is 1190. The zero-order chi connectivity index (χ0) is 27.5. The molecule has 2 aromatic rings. The predicted molar refractivity (Wildman–Crippen MR) is 128 cm³/mol. The third-order valence-corrected chi connectivity index (χ3v) is 6.55. The van der Waals surface area contributed by atoms with Gasteiger partial charge in [-0.15, -0.1) is 4.52 Å². The highest BCUT2D eigenvalue weighted by molar-refractivity contribution is 7.38. The molecule has 0 aromatic carbocycles. The van der Waals surface area contributed by atoms with Gasteiger partial charge in [-0.05, 0) is 44.1 Å². The van der Waals surface area contributed by atoms with Crippen LogP contribution in [0.15, 0.2) is 11.1 Å². The van der Waals surface area contributed by atoms with Crippen molar-refractivity contribution in [3.05, 3.63) is 16.7 Å². The van der Waals surface area contributed by atoms with Crippen LogP contribution in [0.25, 0.3) is 11.2 Å². The fraction of sp³-hybridized carbons (Fsp3) is 0.714. The van der Waals surface area contributed by atoms with E-state index in [9.17, 15) is 28.0 Å². The smallest absolute Gasteiger partial charge is 0.461 e. The third kappa shape index (κ3) is 6.47. The molecule has 4 rings (SSSR count). The minimum absolute atomic E-state index is 0.120. The Morgan fingerprint density at radius 1 is 1.43 bits per heavy atom. The monoisotopic (exact) mass is 549 g/mol. The van der Waals surface area contributed by atoms with E-state index in [1.54, 1.807) is 6.92 Å². The Kier molecular flexibility index (Phi) is 8.96. The second-order valence-corrected chi connectivity index (χ2v) is 10.5. The first-order valence-electron chi connectivity index (χ1n) is 11.7. The van der Waals surface area contributed by atoms with Crippen molar-refractivity contribution < 1.29 is 37.2 Å². The number of halogens is 2. The standard InChI is InChI=1S/C12H14F2N5O5P.C9H17NO2/c1-11(21)8(13)12(14,3-23-25(2)22)24-9(11)19-4-16-5-6(19)17-10(15)18-7(5)20;1-7(10)9(11)12-8-5-3-2-4-6-8/h4,8-9,21H,3H2,1-2H3,(H2-,15,17,18,20);7-8H,2-6,10H2,1H3/p+1/t8-,9+,11+,12+;7-/m00/s1. The lowest BCUT2D eigenvalue weighted by Crippen LogP contribution is -2.46. The molecule has 0 bridgehead atoms. The van der Waals surface area contributed by atoms with Crippen molar-refractivity contribution >= 4 is 31.1 Å². The number of aromatic amines is 1. The summed E-state index contributed by atoms with van der Waals surface area (Å²) >= 11 is 0. The molecule has 37 heavy (non-hydrogen) atoms. The number of aliphatic hydroxyl groups is 1. The van der Waals surface area contributed by atoms with Crippen LogP contribution in [-0.4, -0.2) is 73.6 Å². The molecule has 13 nitrogen and oxygen atoms in total. The highest BCUT2D eigenvalue weighted by atomic mass is 31.1. The van der Waals surface area contributed by atoms with Crippen LogP contribution in [0.4, 0.5) is 14.7 Å². The topological polar surface area (TPSA) is 198 Å². The number of rotatable bonds is 6. The lowest BCUT2D eigenvalue weighted by molar-refractivity contribution is -0.191. The number of hydrogen-bond acceptors (Lipinski definition) is 11. The molecule has 16 heteroatoms. The van der Waals surface area contributed by atoms with Gasteiger partial charge in [-0.2, -0.15) is 4.98 Å². The SMILES string of the molecule is C[C@H](N)C(=O)OC1CCCCC1.C[P+](=O)OC[C@@]1(F)O[C@@H](n2cnc3c(=O)[nH]c(N)nc32)[C@](C)(O)[C@@H]1F. The highest BCUT2D eigenvalue weighted by Gasteiger charge is 2.65. The van der Waals surface area contributed by atoms with Gasteiger partial charge >= 0.3 is 14.0 Å². The van der Waals surface area contributed by atoms with Crippen LogP contribution < -0.4 is 17.0 Å². The van der Waals surface area contributed by atoms with Gasteiger partial charge in [0.2, 0.25) is 5.95 Å². The number of esters is 1. The molecular formula is C21H32F2N6O7P+. The number of nitrogens with one attached hydrogen (secondary N) is 1. The summed E-state index contributed by atoms with van der Waals surface area (Å²) in [5, 5.41) is 10.4. The summed E-state index contributed by atoms with van der Waals surface area (Å²) in [6.07, 6.45) is 2.68. The average molecular weight is 549 g/mol. The van der Waals surface area contributed by atoms with E-state index < -0.39 is 50.1 Å². The van der Waals surface area contributed by atoms with E-state index in [1.807, 2.05) is 0 Å². The molecule has 3 heterocycles. The van der Waals surface area contributed by atoms with Crippen molar-refractivity contribution in [1.29, 1.82) is 0 Å².